The van der Waals surface area contributed by atoms with Crippen LogP contribution >= 0.6 is 0 Å². The Morgan fingerprint density at radius 1 is 0.571 bits per heavy atom. The molecule has 4 nitrogen and oxygen atoms in total. The van der Waals surface area contributed by atoms with Gasteiger partial charge in [-0.05, 0) is 64.2 Å². The van der Waals surface area contributed by atoms with Crippen LogP contribution in [-0.2, 0) is 60.7 Å². The van der Waals surface area contributed by atoms with Crippen LogP contribution in [0.4, 0.5) is 17.3 Å². The molecule has 148 valence electrons. The molecule has 0 bridgehead atoms. The van der Waals surface area contributed by atoms with Crippen molar-refractivity contribution in [1.82, 2.24) is 0 Å². The molecule has 0 aromatic rings. The number of rotatable bonds is 0. The molecule has 0 amide bonds. The van der Waals surface area contributed by atoms with Crippen molar-refractivity contribution in [3.8, 4) is 12.3 Å². The third-order valence-electron chi connectivity index (χ3n) is 1.11. The van der Waals surface area contributed by atoms with Gasteiger partial charge in [0.1, 0.15) is 12.3 Å². The molecular weight excluding hydrogens is 547 g/mol. The molecule has 2 saturated carbocycles. The smallest absolute Gasteiger partial charge is 0 e. The Bertz CT molecular complexity index is 292. The molecule has 2 fully saturated rings. The molecular formula is C17H13BF4Mo2O4. The molecule has 0 spiro atoms. The largest absolute Gasteiger partial charge is 0.0312 e. The normalized spacial score (nSPS) is 11.2. The average Bonchev–Trinajstić information content (AvgIpc) is 3.39. The van der Waals surface area contributed by atoms with Crippen molar-refractivity contribution < 1.29 is 78.0 Å². The minimum atomic E-state index is -6.00. The predicted molar refractivity (Wildman–Crippen MR) is 83.1 cm³/mol. The Balaban J connectivity index is -0.0000000281. The van der Waals surface area contributed by atoms with E-state index in [0.717, 1.165) is 0 Å². The van der Waals surface area contributed by atoms with Crippen molar-refractivity contribution in [2.24, 2.45) is 0 Å². The molecule has 10 radical (unpaired) electrons. The van der Waals surface area contributed by atoms with Gasteiger partial charge in [0, 0.05) is 42.1 Å². The van der Waals surface area contributed by atoms with Crippen LogP contribution in [-0.4, -0.2) is 7.25 Å². The molecule has 0 aliphatic heterocycles. The minimum Gasteiger partial charge on any atom is -0.0312 e. The van der Waals surface area contributed by atoms with E-state index in [0.29, 0.717) is 0 Å². The van der Waals surface area contributed by atoms with E-state index in [1.54, 1.807) is 0 Å². The van der Waals surface area contributed by atoms with E-state index in [4.69, 9.17) is 18.6 Å². The summed E-state index contributed by atoms with van der Waals surface area (Å²) in [6.07, 6.45) is 24.5. The van der Waals surface area contributed by atoms with Crippen molar-refractivity contribution in [2.45, 2.75) is 0 Å². The van der Waals surface area contributed by atoms with Crippen molar-refractivity contribution in [3.05, 3.63) is 97.7 Å². The van der Waals surface area contributed by atoms with Crippen molar-refractivity contribution in [2.75, 3.05) is 0 Å². The molecule has 0 unspecified atom stereocenters. The maximum Gasteiger partial charge on any atom is 0 e. The van der Waals surface area contributed by atoms with E-state index in [1.807, 2.05) is 70.1 Å². The van der Waals surface area contributed by atoms with E-state index in [9.17, 15) is 17.3 Å². The molecule has 0 saturated heterocycles. The zero-order valence-electron chi connectivity index (χ0n) is 14.1. The first-order valence-electron chi connectivity index (χ1n) is 5.66. The summed E-state index contributed by atoms with van der Waals surface area (Å²) in [4.78, 5) is 0. The fraction of sp³-hybridized carbons (Fsp3) is 0. The topological polar surface area (TPSA) is 79.6 Å². The zero-order chi connectivity index (χ0) is 22.3. The summed E-state index contributed by atoms with van der Waals surface area (Å²) in [7, 11) is -6.00. The molecule has 0 aromatic carbocycles. The van der Waals surface area contributed by atoms with Gasteiger partial charge in [-0.1, -0.05) is 0 Å². The molecule has 0 atom stereocenters. The van der Waals surface area contributed by atoms with E-state index in [2.05, 4.69) is 39.9 Å². The van der Waals surface area contributed by atoms with Gasteiger partial charge >= 0.3 is 52.5 Å². The fourth-order valence-corrected chi connectivity index (χ4v) is 0.642. The maximum absolute atomic E-state index is 9.75. The Hall–Kier alpha value is -0.448. The zero-order valence-corrected chi connectivity index (χ0v) is 18.1. The van der Waals surface area contributed by atoms with Gasteiger partial charge in [0.15, 0.2) is 0 Å². The summed E-state index contributed by atoms with van der Waals surface area (Å²) < 4.78 is 69.0. The van der Waals surface area contributed by atoms with Gasteiger partial charge in [0.05, 0.1) is 6.92 Å². The van der Waals surface area contributed by atoms with Gasteiger partial charge < -0.3 is 17.3 Å². The van der Waals surface area contributed by atoms with Crippen LogP contribution in [0.1, 0.15) is 0 Å². The fourth-order valence-electron chi connectivity index (χ4n) is 0.642. The predicted octanol–water partition coefficient (Wildman–Crippen LogP) is 3.64. The van der Waals surface area contributed by atoms with Crippen LogP contribution in [0.25, 0.3) is 0 Å². The van der Waals surface area contributed by atoms with Crippen LogP contribution in [0.5, 0.6) is 0 Å². The second-order valence-corrected chi connectivity index (χ2v) is 2.62. The third kappa shape index (κ3) is 169. The van der Waals surface area contributed by atoms with Gasteiger partial charge in [-0.15, -0.1) is 0 Å². The molecule has 2 aliphatic carbocycles. The van der Waals surface area contributed by atoms with Crippen LogP contribution < -0.4 is 0 Å². The molecule has 11 heteroatoms. The van der Waals surface area contributed by atoms with Gasteiger partial charge in [-0.2, -0.15) is 0 Å². The summed E-state index contributed by atoms with van der Waals surface area (Å²) in [5, 5.41) is 0. The summed E-state index contributed by atoms with van der Waals surface area (Å²) in [5.41, 5.74) is 0. The molecule has 2 rings (SSSR count). The number of halogens is 4. The van der Waals surface area contributed by atoms with Gasteiger partial charge in [-0.3, -0.25) is 0 Å². The second-order valence-electron chi connectivity index (χ2n) is 2.62. The molecule has 0 heterocycles. The van der Waals surface area contributed by atoms with Crippen LogP contribution in [0.15, 0.2) is 0 Å². The van der Waals surface area contributed by atoms with Gasteiger partial charge in [0.25, 0.3) is 0 Å². The Labute approximate surface area is 194 Å². The first kappa shape index (κ1) is 50.8. The van der Waals surface area contributed by atoms with E-state index in [-0.39, 0.29) is 42.1 Å². The molecule has 0 aromatic heterocycles. The van der Waals surface area contributed by atoms with Crippen molar-refractivity contribution in [3.63, 3.8) is 0 Å². The maximum atomic E-state index is 9.75. The minimum absolute atomic E-state index is 0. The molecule has 28 heavy (non-hydrogen) atoms. The Morgan fingerprint density at radius 3 is 0.643 bits per heavy atom. The molecule has 0 N–H and O–H groups in total. The number of hydrogen-bond acceptors (Lipinski definition) is 0. The van der Waals surface area contributed by atoms with E-state index >= 15 is 0 Å². The summed E-state index contributed by atoms with van der Waals surface area (Å²) in [6, 6.07) is 0. The first-order chi connectivity index (χ1) is 12.4. The van der Waals surface area contributed by atoms with Crippen LogP contribution in [0.2, 0.25) is 0 Å². The number of hydrogen-bond donors (Lipinski definition) is 0. The van der Waals surface area contributed by atoms with Crippen molar-refractivity contribution in [1.29, 1.82) is 0 Å². The van der Waals surface area contributed by atoms with Crippen molar-refractivity contribution >= 4 is 7.25 Å². The van der Waals surface area contributed by atoms with Gasteiger partial charge in [0.2, 0.25) is 0 Å². The van der Waals surface area contributed by atoms with Crippen LogP contribution in [0.3, 0.4) is 0 Å². The van der Waals surface area contributed by atoms with E-state index < -0.39 is 7.25 Å². The number of terminal acetylenes is 1. The third-order valence-corrected chi connectivity index (χ3v) is 1.11. The summed E-state index contributed by atoms with van der Waals surface area (Å²) in [6.45, 7) is 21.0. The monoisotopic (exact) mass is 564 g/mol. The van der Waals surface area contributed by atoms with Crippen LogP contribution in [0, 0.1) is 110 Å². The summed E-state index contributed by atoms with van der Waals surface area (Å²) in [5.74, 6) is 2.00. The first-order valence-corrected chi connectivity index (χ1v) is 5.66. The average molecular weight is 560 g/mol. The summed E-state index contributed by atoms with van der Waals surface area (Å²) >= 11 is 0. The second kappa shape index (κ2) is 63.3. The van der Waals surface area contributed by atoms with E-state index in [1.165, 1.54) is 0 Å². The SMILES string of the molecule is C#C[CH2+].F[B-](F)(F)F.[C-]#[O+].[C-]#[O+].[C-]#[O+].[C-]#[O+].[CH]1[CH][CH][CH][CH]1.[CH]1[CH][CH][CH][CH]1.[Mo].[Mo]. The Kier molecular flexibility index (Phi) is 115. The van der Waals surface area contributed by atoms with Gasteiger partial charge in [-0.25, -0.2) is 0 Å². The molecule has 2 aliphatic rings. The standard InChI is InChI=1S/2C5H5.C3H3.4CO.BF4.2Mo/c2*1-2-4-5-3-1;1-3-2;4*1-2;2-1(3,4)5;;/h2*1-5H;1H,2H2;;;;;;;/q;;+1;;;;;-1;;. The quantitative estimate of drug-likeness (QED) is 0.143. The Morgan fingerprint density at radius 2 is 0.607 bits per heavy atom.